The first-order chi connectivity index (χ1) is 13.3. The Morgan fingerprint density at radius 1 is 1.07 bits per heavy atom. The molecule has 0 aliphatic heterocycles. The van der Waals surface area contributed by atoms with E-state index in [1.807, 2.05) is 6.08 Å². The Morgan fingerprint density at radius 2 is 1.86 bits per heavy atom. The van der Waals surface area contributed by atoms with E-state index in [1.165, 1.54) is 44.9 Å². The van der Waals surface area contributed by atoms with Gasteiger partial charge in [-0.1, -0.05) is 52.8 Å². The van der Waals surface area contributed by atoms with Crippen LogP contribution in [0.25, 0.3) is 0 Å². The minimum absolute atomic E-state index is 0.277. The van der Waals surface area contributed by atoms with Gasteiger partial charge in [0.15, 0.2) is 5.78 Å². The van der Waals surface area contributed by atoms with Gasteiger partial charge in [-0.05, 0) is 103 Å². The maximum atomic E-state index is 12.0. The first kappa shape index (κ1) is 20.4. The molecule has 0 aromatic rings. The van der Waals surface area contributed by atoms with Gasteiger partial charge in [-0.25, -0.2) is 0 Å². The summed E-state index contributed by atoms with van der Waals surface area (Å²) in [5.41, 5.74) is 0.805. The minimum atomic E-state index is 0.277. The van der Waals surface area contributed by atoms with Gasteiger partial charge in [0.05, 0.1) is 0 Å². The van der Waals surface area contributed by atoms with Crippen LogP contribution >= 0.6 is 0 Å². The van der Waals surface area contributed by atoms with Gasteiger partial charge in [-0.2, -0.15) is 0 Å². The molecule has 1 unspecified atom stereocenters. The van der Waals surface area contributed by atoms with Crippen LogP contribution in [0, 0.1) is 52.3 Å². The van der Waals surface area contributed by atoms with Crippen LogP contribution in [0.4, 0.5) is 0 Å². The molecule has 1 nitrogen and oxygen atoms in total. The Labute approximate surface area is 173 Å². The van der Waals surface area contributed by atoms with Crippen molar-refractivity contribution >= 4 is 5.78 Å². The van der Waals surface area contributed by atoms with Crippen LogP contribution in [0.5, 0.6) is 0 Å². The number of ketones is 1. The molecule has 156 valence electrons. The number of allylic oxidation sites excluding steroid dienone is 4. The summed E-state index contributed by atoms with van der Waals surface area (Å²) < 4.78 is 0. The first-order valence-electron chi connectivity index (χ1n) is 12.1. The normalized spacial score (nSPS) is 46.5. The van der Waals surface area contributed by atoms with Crippen LogP contribution < -0.4 is 0 Å². The van der Waals surface area contributed by atoms with E-state index in [9.17, 15) is 4.79 Å². The Kier molecular flexibility index (Phi) is 5.43. The molecule has 0 bridgehead atoms. The fourth-order valence-electron chi connectivity index (χ4n) is 8.24. The number of fused-ring (bicyclic) bond motifs is 5. The second-order valence-corrected chi connectivity index (χ2v) is 11.7. The summed E-state index contributed by atoms with van der Waals surface area (Å²) in [5.74, 6) is 5.89. The molecule has 4 aliphatic rings. The van der Waals surface area contributed by atoms with Gasteiger partial charge < -0.3 is 0 Å². The van der Waals surface area contributed by atoms with Crippen LogP contribution in [0.3, 0.4) is 0 Å². The maximum absolute atomic E-state index is 12.0. The van der Waals surface area contributed by atoms with Crippen LogP contribution in [-0.2, 0) is 4.79 Å². The molecule has 8 atom stereocenters. The lowest BCUT2D eigenvalue weighted by molar-refractivity contribution is -0.122. The van der Waals surface area contributed by atoms with Crippen molar-refractivity contribution in [1.82, 2.24) is 0 Å². The molecule has 0 aromatic heterocycles. The Morgan fingerprint density at radius 3 is 2.61 bits per heavy atom. The number of carbonyl (C=O) groups is 1. The summed E-state index contributed by atoms with van der Waals surface area (Å²) >= 11 is 0. The monoisotopic (exact) mass is 382 g/mol. The molecule has 28 heavy (non-hydrogen) atoms. The second-order valence-electron chi connectivity index (χ2n) is 11.7. The molecule has 1 heteroatoms. The summed E-state index contributed by atoms with van der Waals surface area (Å²) in [4.78, 5) is 12.0. The fourth-order valence-corrected chi connectivity index (χ4v) is 8.24. The van der Waals surface area contributed by atoms with E-state index in [2.05, 4.69) is 52.8 Å². The van der Waals surface area contributed by atoms with E-state index >= 15 is 0 Å². The van der Waals surface area contributed by atoms with Gasteiger partial charge in [-0.15, -0.1) is 0 Å². The topological polar surface area (TPSA) is 17.1 Å². The standard InChI is InChI=1S/C27H42O/c1-18(2)7-6-8-19(3)23-11-12-24-22-10-9-20-17-21(28)13-15-26(20,4)25(22)14-16-27(23,24)5/h6,8,13,15,18-20,22-25H,7,9-12,14,16-17H2,1-5H3/b8-6+/t19-,20?,22+,23-,24+,25+,26+,27-/m1/s1. The van der Waals surface area contributed by atoms with Crippen LogP contribution in [0.2, 0.25) is 0 Å². The summed E-state index contributed by atoms with van der Waals surface area (Å²) in [6.45, 7) is 12.2. The molecule has 4 aliphatic carbocycles. The molecule has 0 heterocycles. The van der Waals surface area contributed by atoms with E-state index in [0.29, 0.717) is 23.0 Å². The second kappa shape index (κ2) is 7.44. The van der Waals surface area contributed by atoms with Gasteiger partial charge >= 0.3 is 0 Å². The van der Waals surface area contributed by atoms with Crippen molar-refractivity contribution in [2.45, 2.75) is 86.0 Å². The van der Waals surface area contributed by atoms with Crippen molar-refractivity contribution in [3.63, 3.8) is 0 Å². The van der Waals surface area contributed by atoms with E-state index in [1.54, 1.807) is 0 Å². The molecule has 3 fully saturated rings. The highest BCUT2D eigenvalue weighted by molar-refractivity contribution is 5.91. The quantitative estimate of drug-likeness (QED) is 0.469. The minimum Gasteiger partial charge on any atom is -0.295 e. The smallest absolute Gasteiger partial charge is 0.155 e. The van der Waals surface area contributed by atoms with Crippen molar-refractivity contribution in [2.24, 2.45) is 52.3 Å². The highest BCUT2D eigenvalue weighted by atomic mass is 16.1. The lowest BCUT2D eigenvalue weighted by atomic mass is 9.45. The van der Waals surface area contributed by atoms with Crippen molar-refractivity contribution in [3.05, 3.63) is 24.3 Å². The summed E-state index contributed by atoms with van der Waals surface area (Å²) in [7, 11) is 0. The Bertz CT molecular complexity index is 657. The van der Waals surface area contributed by atoms with Crippen molar-refractivity contribution < 1.29 is 4.79 Å². The van der Waals surface area contributed by atoms with Crippen molar-refractivity contribution in [3.8, 4) is 0 Å². The molecular formula is C27H42O. The van der Waals surface area contributed by atoms with E-state index in [-0.39, 0.29) is 5.41 Å². The predicted molar refractivity (Wildman–Crippen MR) is 118 cm³/mol. The molecule has 0 spiro atoms. The summed E-state index contributed by atoms with van der Waals surface area (Å²) in [6, 6.07) is 0. The Balaban J connectivity index is 1.53. The molecule has 0 radical (unpaired) electrons. The number of hydrogen-bond acceptors (Lipinski definition) is 1. The van der Waals surface area contributed by atoms with E-state index in [0.717, 1.165) is 36.0 Å². The molecular weight excluding hydrogens is 340 g/mol. The number of hydrogen-bond donors (Lipinski definition) is 0. The average molecular weight is 383 g/mol. The third kappa shape index (κ3) is 3.25. The molecule has 0 amide bonds. The number of rotatable bonds is 4. The van der Waals surface area contributed by atoms with Gasteiger partial charge in [0.25, 0.3) is 0 Å². The molecule has 0 saturated heterocycles. The highest BCUT2D eigenvalue weighted by Gasteiger charge is 2.59. The molecule has 0 aromatic carbocycles. The van der Waals surface area contributed by atoms with Crippen LogP contribution in [0.1, 0.15) is 86.0 Å². The molecule has 4 rings (SSSR count). The average Bonchev–Trinajstić information content (AvgIpc) is 2.99. The van der Waals surface area contributed by atoms with Gasteiger partial charge in [0.2, 0.25) is 0 Å². The van der Waals surface area contributed by atoms with E-state index in [4.69, 9.17) is 0 Å². The van der Waals surface area contributed by atoms with Crippen molar-refractivity contribution in [2.75, 3.05) is 0 Å². The zero-order chi connectivity index (χ0) is 20.1. The van der Waals surface area contributed by atoms with Crippen molar-refractivity contribution in [1.29, 1.82) is 0 Å². The zero-order valence-corrected chi connectivity index (χ0v) is 18.9. The zero-order valence-electron chi connectivity index (χ0n) is 18.9. The van der Waals surface area contributed by atoms with Gasteiger partial charge in [0.1, 0.15) is 0 Å². The molecule has 3 saturated carbocycles. The molecule has 0 N–H and O–H groups in total. The first-order valence-corrected chi connectivity index (χ1v) is 12.1. The number of carbonyl (C=O) groups excluding carboxylic acids is 1. The summed E-state index contributed by atoms with van der Waals surface area (Å²) in [6.07, 6.45) is 19.6. The third-order valence-electron chi connectivity index (χ3n) is 9.80. The van der Waals surface area contributed by atoms with Crippen LogP contribution in [-0.4, -0.2) is 5.78 Å². The maximum Gasteiger partial charge on any atom is 0.155 e. The SMILES string of the molecule is CC(C)C/C=C/[C@@H](C)[C@H]1CC[C@H]2[C@@H]3CCC4CC(=O)C=C[C@]4(C)[C@H]3CC[C@]12C. The van der Waals surface area contributed by atoms with Gasteiger partial charge in [-0.3, -0.25) is 4.79 Å². The largest absolute Gasteiger partial charge is 0.295 e. The highest BCUT2D eigenvalue weighted by Crippen LogP contribution is 2.67. The summed E-state index contributed by atoms with van der Waals surface area (Å²) in [5, 5.41) is 0. The van der Waals surface area contributed by atoms with E-state index < -0.39 is 0 Å². The Hall–Kier alpha value is -0.850. The lowest BCUT2D eigenvalue weighted by Gasteiger charge is -2.59. The lowest BCUT2D eigenvalue weighted by Crippen LogP contribution is -2.52. The third-order valence-corrected chi connectivity index (χ3v) is 9.80. The van der Waals surface area contributed by atoms with Crippen LogP contribution in [0.15, 0.2) is 24.3 Å². The van der Waals surface area contributed by atoms with Gasteiger partial charge in [0, 0.05) is 6.42 Å². The predicted octanol–water partition coefficient (Wildman–Crippen LogP) is 7.23. The fraction of sp³-hybridized carbons (Fsp3) is 0.815.